The minimum Gasteiger partial charge on any atom is -0.463 e. The van der Waals surface area contributed by atoms with Gasteiger partial charge in [-0.25, -0.2) is 9.59 Å². The minimum atomic E-state index is -0.626. The van der Waals surface area contributed by atoms with E-state index in [1.165, 1.54) is 0 Å². The fraction of sp³-hybridized carbons (Fsp3) is 0.455. The molecule has 0 unspecified atom stereocenters. The van der Waals surface area contributed by atoms with Gasteiger partial charge in [0.1, 0.15) is 6.61 Å². The van der Waals surface area contributed by atoms with Gasteiger partial charge in [-0.1, -0.05) is 25.1 Å². The first-order valence-corrected chi connectivity index (χ1v) is 10.4. The fourth-order valence-corrected chi connectivity index (χ4v) is 3.83. The van der Waals surface area contributed by atoms with Gasteiger partial charge in [-0.3, -0.25) is 9.59 Å². The highest BCUT2D eigenvalue weighted by Gasteiger charge is 2.37. The van der Waals surface area contributed by atoms with Crippen LogP contribution in [0.15, 0.2) is 35.5 Å². The zero-order valence-electron chi connectivity index (χ0n) is 17.9. The third-order valence-corrected chi connectivity index (χ3v) is 5.35. The number of hydrogen-bond acceptors (Lipinski definition) is 6. The molecule has 2 atom stereocenters. The fourth-order valence-electron chi connectivity index (χ4n) is 3.83. The van der Waals surface area contributed by atoms with Crippen molar-refractivity contribution < 1.29 is 28.7 Å². The number of nitrogens with zero attached hydrogens (tertiary/aromatic N) is 1. The molecule has 3 amide bonds. The maximum absolute atomic E-state index is 12.7. The summed E-state index contributed by atoms with van der Waals surface area (Å²) in [5.74, 6) is -1.91. The molecule has 2 aliphatic rings. The number of anilines is 1. The van der Waals surface area contributed by atoms with Crippen molar-refractivity contribution in [1.82, 2.24) is 10.6 Å². The molecular weight excluding hydrogens is 402 g/mol. The third-order valence-electron chi connectivity index (χ3n) is 5.35. The number of carbonyl (C=O) groups is 4. The molecule has 0 saturated carbocycles. The highest BCUT2D eigenvalue weighted by Crippen LogP contribution is 2.29. The van der Waals surface area contributed by atoms with Crippen LogP contribution < -0.4 is 15.5 Å². The highest BCUT2D eigenvalue weighted by molar-refractivity contribution is 6.00. The van der Waals surface area contributed by atoms with Gasteiger partial charge < -0.3 is 25.0 Å². The number of para-hydroxylation sites is 1. The van der Waals surface area contributed by atoms with Crippen molar-refractivity contribution in [3.8, 4) is 0 Å². The molecule has 0 bridgehead atoms. The van der Waals surface area contributed by atoms with Crippen molar-refractivity contribution in [3.05, 3.63) is 41.1 Å². The molecule has 9 heteroatoms. The van der Waals surface area contributed by atoms with E-state index in [9.17, 15) is 19.2 Å². The topological polar surface area (TPSA) is 114 Å². The quantitative estimate of drug-likeness (QED) is 0.638. The van der Waals surface area contributed by atoms with Gasteiger partial charge in [0, 0.05) is 18.7 Å². The standard InChI is InChI=1S/C22H27N3O6/c1-4-14-8-6-7-9-17(14)25-11-15(10-18(25)26)20(27)31-12-16-19(21(28)30-5-2)13(3)23-22(29)24-16/h6-9,13,15H,4-5,10-12H2,1-3H3,(H2,23,24,29)/t13-,15-/m1/s1. The number of ether oxygens (including phenoxy) is 2. The molecule has 1 aromatic rings. The second-order valence-electron chi connectivity index (χ2n) is 7.43. The van der Waals surface area contributed by atoms with Gasteiger partial charge in [0.25, 0.3) is 0 Å². The van der Waals surface area contributed by atoms with E-state index in [4.69, 9.17) is 9.47 Å². The van der Waals surface area contributed by atoms with E-state index < -0.39 is 29.9 Å². The Kier molecular flexibility index (Phi) is 6.94. The van der Waals surface area contributed by atoms with E-state index in [-0.39, 0.29) is 43.4 Å². The van der Waals surface area contributed by atoms with Gasteiger partial charge in [-0.2, -0.15) is 0 Å². The van der Waals surface area contributed by atoms with Crippen molar-refractivity contribution in [1.29, 1.82) is 0 Å². The van der Waals surface area contributed by atoms with Crippen molar-refractivity contribution in [3.63, 3.8) is 0 Å². The van der Waals surface area contributed by atoms with Crippen molar-refractivity contribution in [2.45, 2.75) is 39.7 Å². The lowest BCUT2D eigenvalue weighted by Crippen LogP contribution is -2.50. The minimum absolute atomic E-state index is 0.0466. The van der Waals surface area contributed by atoms with Gasteiger partial charge in [-0.15, -0.1) is 0 Å². The van der Waals surface area contributed by atoms with E-state index >= 15 is 0 Å². The molecule has 2 aliphatic heterocycles. The van der Waals surface area contributed by atoms with Crippen LogP contribution in [0, 0.1) is 5.92 Å². The Morgan fingerprint density at radius 2 is 1.90 bits per heavy atom. The molecule has 3 rings (SSSR count). The molecule has 166 valence electrons. The maximum atomic E-state index is 12.7. The number of carbonyl (C=O) groups excluding carboxylic acids is 4. The average molecular weight is 429 g/mol. The summed E-state index contributed by atoms with van der Waals surface area (Å²) in [6, 6.07) is 6.52. The summed E-state index contributed by atoms with van der Waals surface area (Å²) in [5, 5.41) is 5.10. The summed E-state index contributed by atoms with van der Waals surface area (Å²) in [5.41, 5.74) is 2.22. The van der Waals surface area contributed by atoms with Crippen LogP contribution >= 0.6 is 0 Å². The first kappa shape index (κ1) is 22.3. The Hall–Kier alpha value is -3.36. The molecule has 2 heterocycles. The Morgan fingerprint density at radius 1 is 1.16 bits per heavy atom. The van der Waals surface area contributed by atoms with E-state index in [0.717, 1.165) is 17.7 Å². The Bertz CT molecular complexity index is 926. The van der Waals surface area contributed by atoms with Gasteiger partial charge in [-0.05, 0) is 31.9 Å². The Balaban J connectivity index is 1.70. The maximum Gasteiger partial charge on any atom is 0.338 e. The summed E-state index contributed by atoms with van der Waals surface area (Å²) in [4.78, 5) is 50.9. The molecule has 2 N–H and O–H groups in total. The predicted molar refractivity (Wildman–Crippen MR) is 112 cm³/mol. The lowest BCUT2D eigenvalue weighted by molar-refractivity contribution is -0.147. The number of esters is 2. The zero-order valence-corrected chi connectivity index (χ0v) is 17.9. The van der Waals surface area contributed by atoms with Crippen LogP contribution in [0.4, 0.5) is 10.5 Å². The van der Waals surface area contributed by atoms with Gasteiger partial charge >= 0.3 is 18.0 Å². The molecule has 31 heavy (non-hydrogen) atoms. The number of urea groups is 1. The smallest absolute Gasteiger partial charge is 0.338 e. The van der Waals surface area contributed by atoms with E-state index in [0.29, 0.717) is 0 Å². The molecule has 0 aromatic heterocycles. The molecule has 1 saturated heterocycles. The van der Waals surface area contributed by atoms with E-state index in [2.05, 4.69) is 10.6 Å². The summed E-state index contributed by atoms with van der Waals surface area (Å²) >= 11 is 0. The summed E-state index contributed by atoms with van der Waals surface area (Å²) in [6.45, 7) is 5.44. The normalized spacial score (nSPS) is 20.9. The summed E-state index contributed by atoms with van der Waals surface area (Å²) in [6.07, 6.45) is 0.816. The third kappa shape index (κ3) is 4.87. The van der Waals surface area contributed by atoms with Crippen molar-refractivity contribution in [2.24, 2.45) is 5.92 Å². The summed E-state index contributed by atoms with van der Waals surface area (Å²) in [7, 11) is 0. The predicted octanol–water partition coefficient (Wildman–Crippen LogP) is 1.66. The van der Waals surface area contributed by atoms with Crippen LogP contribution in [0.2, 0.25) is 0 Å². The molecule has 0 spiro atoms. The average Bonchev–Trinajstić information content (AvgIpc) is 3.13. The Labute approximate surface area is 180 Å². The number of aryl methyl sites for hydroxylation is 1. The monoisotopic (exact) mass is 429 g/mol. The second kappa shape index (κ2) is 9.63. The van der Waals surface area contributed by atoms with Crippen LogP contribution in [0.25, 0.3) is 0 Å². The Morgan fingerprint density at radius 3 is 2.61 bits per heavy atom. The van der Waals surface area contributed by atoms with Crippen molar-refractivity contribution in [2.75, 3.05) is 24.7 Å². The zero-order chi connectivity index (χ0) is 22.5. The first-order valence-electron chi connectivity index (χ1n) is 10.4. The second-order valence-corrected chi connectivity index (χ2v) is 7.43. The molecular formula is C22H27N3O6. The molecule has 0 aliphatic carbocycles. The van der Waals surface area contributed by atoms with E-state index in [1.807, 2.05) is 31.2 Å². The molecule has 9 nitrogen and oxygen atoms in total. The molecule has 1 fully saturated rings. The number of nitrogens with one attached hydrogen (secondary N) is 2. The molecule has 0 radical (unpaired) electrons. The van der Waals surface area contributed by atoms with Crippen LogP contribution in [0.5, 0.6) is 0 Å². The van der Waals surface area contributed by atoms with Crippen molar-refractivity contribution >= 4 is 29.6 Å². The van der Waals surface area contributed by atoms with Gasteiger partial charge in [0.2, 0.25) is 5.91 Å². The number of rotatable bonds is 7. The van der Waals surface area contributed by atoms with Gasteiger partial charge in [0.15, 0.2) is 0 Å². The van der Waals surface area contributed by atoms with Crippen LogP contribution in [0.3, 0.4) is 0 Å². The van der Waals surface area contributed by atoms with E-state index in [1.54, 1.807) is 18.7 Å². The number of amides is 3. The lowest BCUT2D eigenvalue weighted by atomic mass is 10.0. The van der Waals surface area contributed by atoms with Crippen LogP contribution in [-0.4, -0.2) is 49.7 Å². The first-order chi connectivity index (χ1) is 14.8. The largest absolute Gasteiger partial charge is 0.463 e. The SMILES string of the molecule is CCOC(=O)C1=C(COC(=O)[C@@H]2CC(=O)N(c3ccccc3CC)C2)NC(=O)N[C@@H]1C. The number of benzene rings is 1. The lowest BCUT2D eigenvalue weighted by Gasteiger charge is -2.26. The van der Waals surface area contributed by atoms with Crippen LogP contribution in [-0.2, 0) is 30.3 Å². The number of hydrogen-bond donors (Lipinski definition) is 2. The van der Waals surface area contributed by atoms with Gasteiger partial charge in [0.05, 0.1) is 29.8 Å². The van der Waals surface area contributed by atoms with Crippen LogP contribution in [0.1, 0.15) is 32.8 Å². The summed E-state index contributed by atoms with van der Waals surface area (Å²) < 4.78 is 10.4. The highest BCUT2D eigenvalue weighted by atomic mass is 16.5. The molecule has 1 aromatic carbocycles.